The lowest BCUT2D eigenvalue weighted by atomic mass is 9.81. The van der Waals surface area contributed by atoms with E-state index in [1.807, 2.05) is 24.1 Å². The van der Waals surface area contributed by atoms with Gasteiger partial charge in [0.1, 0.15) is 23.6 Å². The van der Waals surface area contributed by atoms with Gasteiger partial charge in [0.05, 0.1) is 21.2 Å². The van der Waals surface area contributed by atoms with Crippen LogP contribution in [0.4, 0.5) is 15.8 Å². The van der Waals surface area contributed by atoms with E-state index in [4.69, 9.17) is 4.74 Å². The second kappa shape index (κ2) is 10.2. The number of halogens is 1. The highest BCUT2D eigenvalue weighted by Crippen LogP contribution is 2.49. The first-order valence-corrected chi connectivity index (χ1v) is 15.3. The van der Waals surface area contributed by atoms with Gasteiger partial charge >= 0.3 is 5.97 Å². The van der Waals surface area contributed by atoms with Crippen LogP contribution in [0.1, 0.15) is 52.4 Å². The van der Waals surface area contributed by atoms with Crippen molar-refractivity contribution in [2.75, 3.05) is 30.1 Å². The van der Waals surface area contributed by atoms with Crippen LogP contribution in [0.25, 0.3) is 0 Å². The average Bonchev–Trinajstić information content (AvgIpc) is 3.66. The number of thioether (sulfide) groups is 1. The van der Waals surface area contributed by atoms with E-state index in [0.717, 1.165) is 29.8 Å². The molecule has 1 saturated carbocycles. The number of nitrogens with zero attached hydrogens (tertiary/aromatic N) is 1. The van der Waals surface area contributed by atoms with Crippen molar-refractivity contribution in [3.63, 3.8) is 0 Å². The zero-order valence-electron chi connectivity index (χ0n) is 21.0. The second-order valence-corrected chi connectivity index (χ2v) is 12.9. The van der Waals surface area contributed by atoms with Gasteiger partial charge < -0.3 is 14.7 Å². The van der Waals surface area contributed by atoms with Gasteiger partial charge in [0, 0.05) is 23.7 Å². The van der Waals surface area contributed by atoms with Gasteiger partial charge in [-0.3, -0.25) is 4.79 Å². The molecular weight excluding hydrogens is 501 g/mol. The first kappa shape index (κ1) is 26.8. The normalized spacial score (nSPS) is 21.9. The third-order valence-electron chi connectivity index (χ3n) is 7.62. The third kappa shape index (κ3) is 5.23. The summed E-state index contributed by atoms with van der Waals surface area (Å²) in [5.74, 6) is -0.844. The molecule has 1 heterocycles. The Kier molecular flexibility index (Phi) is 7.62. The van der Waals surface area contributed by atoms with Gasteiger partial charge in [-0.1, -0.05) is 26.7 Å². The van der Waals surface area contributed by atoms with Crippen molar-refractivity contribution >= 4 is 38.9 Å². The highest BCUT2D eigenvalue weighted by Gasteiger charge is 2.51. The van der Waals surface area contributed by atoms with E-state index in [9.17, 15) is 22.7 Å². The lowest BCUT2D eigenvalue weighted by molar-refractivity contribution is -0.144. The van der Waals surface area contributed by atoms with Gasteiger partial charge in [-0.25, -0.2) is 12.8 Å². The van der Waals surface area contributed by atoms with E-state index in [2.05, 4.69) is 6.92 Å². The lowest BCUT2D eigenvalue weighted by Gasteiger charge is -2.36. The van der Waals surface area contributed by atoms with Crippen LogP contribution in [0, 0.1) is 16.6 Å². The van der Waals surface area contributed by atoms with Crippen molar-refractivity contribution in [3.05, 3.63) is 42.2 Å². The molecule has 2 aromatic rings. The summed E-state index contributed by atoms with van der Waals surface area (Å²) >= 11 is 1.42. The molecule has 0 amide bonds. The number of anilines is 2. The van der Waals surface area contributed by atoms with E-state index in [1.54, 1.807) is 18.2 Å². The van der Waals surface area contributed by atoms with E-state index in [1.165, 1.54) is 23.9 Å². The Hall–Kier alpha value is -2.26. The number of hydrogen-bond donors (Lipinski definition) is 1. The fourth-order valence-corrected chi connectivity index (χ4v) is 7.67. The fourth-order valence-electron chi connectivity index (χ4n) is 4.94. The number of unbranched alkanes of at least 4 members (excludes halogenated alkanes) is 1. The van der Waals surface area contributed by atoms with Crippen LogP contribution in [-0.2, 0) is 14.6 Å². The zero-order valence-corrected chi connectivity index (χ0v) is 22.7. The number of carboxylic acid groups (broad SMARTS) is 1. The van der Waals surface area contributed by atoms with Crippen LogP contribution in [-0.4, -0.2) is 44.7 Å². The summed E-state index contributed by atoms with van der Waals surface area (Å²) in [6.07, 6.45) is 6.32. The third-order valence-corrected chi connectivity index (χ3v) is 10.4. The monoisotopic (exact) mass is 535 g/mol. The minimum absolute atomic E-state index is 0.00576. The number of carbonyl (C=O) groups is 1. The minimum Gasteiger partial charge on any atom is -0.491 e. The number of fused-ring (bicyclic) bond motifs is 1. The lowest BCUT2D eigenvalue weighted by Crippen LogP contribution is -2.37. The van der Waals surface area contributed by atoms with Gasteiger partial charge in [-0.2, -0.15) is 0 Å². The fraction of sp³-hybridized carbons (Fsp3) is 0.519. The Bertz CT molecular complexity index is 1230. The van der Waals surface area contributed by atoms with Crippen LogP contribution in [0.2, 0.25) is 0 Å². The number of aliphatic carboxylic acids is 1. The largest absolute Gasteiger partial charge is 0.491 e. The maximum absolute atomic E-state index is 13.9. The Morgan fingerprint density at radius 1 is 1.19 bits per heavy atom. The van der Waals surface area contributed by atoms with Crippen LogP contribution in [0.3, 0.4) is 0 Å². The van der Waals surface area contributed by atoms with E-state index in [-0.39, 0.29) is 23.1 Å². The Morgan fingerprint density at radius 2 is 1.89 bits per heavy atom. The van der Waals surface area contributed by atoms with Crippen LogP contribution < -0.4 is 9.64 Å². The summed E-state index contributed by atoms with van der Waals surface area (Å²) in [5, 5.41) is 9.54. The number of hydrogen-bond acceptors (Lipinski definition) is 6. The molecule has 9 heteroatoms. The predicted molar refractivity (Wildman–Crippen MR) is 141 cm³/mol. The summed E-state index contributed by atoms with van der Waals surface area (Å²) in [6, 6.07) is 9.54. The Balaban J connectivity index is 1.85. The van der Waals surface area contributed by atoms with Crippen molar-refractivity contribution in [2.24, 2.45) is 10.8 Å². The molecule has 4 rings (SSSR count). The highest BCUT2D eigenvalue weighted by atomic mass is 32.2. The molecule has 0 saturated heterocycles. The van der Waals surface area contributed by atoms with E-state index in [0.29, 0.717) is 37.2 Å². The molecule has 2 aromatic carbocycles. The maximum Gasteiger partial charge on any atom is 0.313 e. The van der Waals surface area contributed by atoms with Gasteiger partial charge in [0.15, 0.2) is 9.84 Å². The van der Waals surface area contributed by atoms with Crippen LogP contribution >= 0.6 is 11.8 Å². The van der Waals surface area contributed by atoms with E-state index >= 15 is 0 Å². The number of sulfone groups is 1. The molecule has 1 atom stereocenters. The number of rotatable bonds is 10. The van der Waals surface area contributed by atoms with Crippen LogP contribution in [0.5, 0.6) is 5.75 Å². The van der Waals surface area contributed by atoms with Gasteiger partial charge in [0.25, 0.3) is 0 Å². The smallest absolute Gasteiger partial charge is 0.313 e. The molecule has 196 valence electrons. The number of carboxylic acids is 1. The first-order chi connectivity index (χ1) is 17.1. The molecule has 0 bridgehead atoms. The number of benzene rings is 2. The molecule has 0 aromatic heterocycles. The molecule has 0 spiro atoms. The highest BCUT2D eigenvalue weighted by molar-refractivity contribution is 7.98. The van der Waals surface area contributed by atoms with Gasteiger partial charge in [0.2, 0.25) is 0 Å². The summed E-state index contributed by atoms with van der Waals surface area (Å²) in [6.45, 7) is 4.63. The van der Waals surface area contributed by atoms with Crippen molar-refractivity contribution in [2.45, 2.75) is 62.2 Å². The van der Waals surface area contributed by atoms with Crippen molar-refractivity contribution < 1.29 is 27.4 Å². The van der Waals surface area contributed by atoms with Crippen molar-refractivity contribution in [3.8, 4) is 5.75 Å². The Labute approximate surface area is 217 Å². The molecule has 1 aliphatic heterocycles. The average molecular weight is 536 g/mol. The summed E-state index contributed by atoms with van der Waals surface area (Å²) < 4.78 is 47.5. The molecule has 0 unspecified atom stereocenters. The van der Waals surface area contributed by atoms with Gasteiger partial charge in [-0.15, -0.1) is 11.8 Å². The molecule has 1 fully saturated rings. The molecule has 1 N–H and O–H groups in total. The van der Waals surface area contributed by atoms with Crippen molar-refractivity contribution in [1.82, 2.24) is 0 Å². The first-order valence-electron chi connectivity index (χ1n) is 12.4. The minimum atomic E-state index is -3.70. The molecule has 36 heavy (non-hydrogen) atoms. The summed E-state index contributed by atoms with van der Waals surface area (Å²) in [5.41, 5.74) is -0.0829. The molecular formula is C27H34FNO5S2. The second-order valence-electron chi connectivity index (χ2n) is 10.1. The molecule has 1 aliphatic carbocycles. The Morgan fingerprint density at radius 3 is 2.44 bits per heavy atom. The summed E-state index contributed by atoms with van der Waals surface area (Å²) in [7, 11) is -3.70. The summed E-state index contributed by atoms with van der Waals surface area (Å²) in [4.78, 5) is 14.5. The molecule has 2 aliphatic rings. The SMILES string of the molecule is CCCC[C@@]1(CC)CN(c2ccc(F)cc2)c2cc(SC)c(OCC3(C(=O)O)CC3)cc2S(=O)(=O)C1. The number of ether oxygens (including phenoxy) is 1. The predicted octanol–water partition coefficient (Wildman–Crippen LogP) is 6.30. The van der Waals surface area contributed by atoms with Crippen molar-refractivity contribution in [1.29, 1.82) is 0 Å². The van der Waals surface area contributed by atoms with Gasteiger partial charge in [-0.05, 0) is 62.3 Å². The molecule has 6 nitrogen and oxygen atoms in total. The standard InChI is InChI=1S/C27H34FNO5S2/c1-4-6-11-26(5-2)16-29(20-9-7-19(28)8-10-20)21-14-23(35-3)22(15-24(21)36(32,33)18-26)34-17-27(12-13-27)25(30)31/h7-10,14-15H,4-6,11-13,16-18H2,1-3H3,(H,30,31)/t26-/m0/s1. The topological polar surface area (TPSA) is 83.9 Å². The maximum atomic E-state index is 13.9. The zero-order chi connectivity index (χ0) is 26.1. The molecule has 0 radical (unpaired) electrons. The van der Waals surface area contributed by atoms with E-state index < -0.39 is 26.6 Å². The van der Waals surface area contributed by atoms with Crippen LogP contribution in [0.15, 0.2) is 46.2 Å². The quantitative estimate of drug-likeness (QED) is 0.357.